The Bertz CT molecular complexity index is 549. The average Bonchev–Trinajstić information content (AvgIpc) is 2.98. The van der Waals surface area contributed by atoms with Crippen LogP contribution in [0.2, 0.25) is 0 Å². The summed E-state index contributed by atoms with van der Waals surface area (Å²) in [6, 6.07) is 3.37. The zero-order chi connectivity index (χ0) is 13.1. The lowest BCUT2D eigenvalue weighted by Gasteiger charge is -2.06. The monoisotopic (exact) mass is 267 g/mol. The largest absolute Gasteiger partial charge is 0.463 e. The molecule has 0 saturated carbocycles. The Labute approximate surface area is 108 Å². The molecule has 7 heteroatoms. The number of esters is 1. The Kier molecular flexibility index (Phi) is 3.71. The summed E-state index contributed by atoms with van der Waals surface area (Å²) in [6.45, 7) is 1.97. The maximum atomic E-state index is 11.3. The maximum Gasteiger partial charge on any atom is 0.373 e. The van der Waals surface area contributed by atoms with Crippen molar-refractivity contribution in [3.05, 3.63) is 30.0 Å². The number of furan rings is 1. The Morgan fingerprint density at radius 1 is 1.56 bits per heavy atom. The van der Waals surface area contributed by atoms with Crippen LogP contribution in [-0.2, 0) is 11.8 Å². The summed E-state index contributed by atoms with van der Waals surface area (Å²) in [5.74, 6) is 0.429. The highest BCUT2D eigenvalue weighted by Gasteiger charge is 2.17. The smallest absolute Gasteiger partial charge is 0.373 e. The molecular formula is C11H13N3O3S. The molecule has 2 heterocycles. The molecule has 0 radical (unpaired) electrons. The van der Waals surface area contributed by atoms with Gasteiger partial charge in [-0.15, -0.1) is 10.2 Å². The van der Waals surface area contributed by atoms with Gasteiger partial charge in [-0.25, -0.2) is 4.79 Å². The lowest BCUT2D eigenvalue weighted by molar-refractivity contribution is 0.0563. The molecule has 0 aromatic carbocycles. The van der Waals surface area contributed by atoms with Crippen molar-refractivity contribution in [3.63, 3.8) is 0 Å². The van der Waals surface area contributed by atoms with Gasteiger partial charge in [0.1, 0.15) is 12.1 Å². The first-order valence-corrected chi connectivity index (χ1v) is 6.18. The quantitative estimate of drug-likeness (QED) is 0.623. The molecule has 0 saturated heterocycles. The molecule has 18 heavy (non-hydrogen) atoms. The van der Waals surface area contributed by atoms with E-state index < -0.39 is 5.97 Å². The summed E-state index contributed by atoms with van der Waals surface area (Å²) < 4.78 is 11.8. The molecular weight excluding hydrogens is 254 g/mol. The maximum absolute atomic E-state index is 11.3. The van der Waals surface area contributed by atoms with Crippen molar-refractivity contribution in [2.45, 2.75) is 17.3 Å². The number of rotatable bonds is 4. The SMILES string of the molecule is COC(=O)c1ccc([C@H](C)Sc2nncn2C)o1. The van der Waals surface area contributed by atoms with Crippen LogP contribution in [-0.4, -0.2) is 27.8 Å². The molecule has 0 amide bonds. The lowest BCUT2D eigenvalue weighted by Crippen LogP contribution is -1.98. The first-order chi connectivity index (χ1) is 8.61. The molecule has 0 bridgehead atoms. The van der Waals surface area contributed by atoms with Crippen LogP contribution in [0.25, 0.3) is 0 Å². The minimum Gasteiger partial charge on any atom is -0.463 e. The fourth-order valence-corrected chi connectivity index (χ4v) is 2.24. The van der Waals surface area contributed by atoms with Crippen LogP contribution in [0.3, 0.4) is 0 Å². The number of aromatic nitrogens is 3. The third-order valence-electron chi connectivity index (χ3n) is 2.37. The van der Waals surface area contributed by atoms with Crippen molar-refractivity contribution in [2.24, 2.45) is 7.05 Å². The normalized spacial score (nSPS) is 12.4. The van der Waals surface area contributed by atoms with Gasteiger partial charge in [-0.3, -0.25) is 0 Å². The van der Waals surface area contributed by atoms with Crippen LogP contribution in [0.4, 0.5) is 0 Å². The van der Waals surface area contributed by atoms with Gasteiger partial charge in [0.15, 0.2) is 5.16 Å². The van der Waals surface area contributed by atoms with Crippen LogP contribution in [0, 0.1) is 0 Å². The van der Waals surface area contributed by atoms with Crippen molar-refractivity contribution in [2.75, 3.05) is 7.11 Å². The zero-order valence-corrected chi connectivity index (χ0v) is 11.1. The molecule has 0 spiro atoms. The fraction of sp³-hybridized carbons (Fsp3) is 0.364. The van der Waals surface area contributed by atoms with Crippen molar-refractivity contribution >= 4 is 17.7 Å². The third kappa shape index (κ3) is 2.56. The van der Waals surface area contributed by atoms with Crippen LogP contribution in [0.15, 0.2) is 28.0 Å². The number of hydrogen-bond acceptors (Lipinski definition) is 6. The molecule has 0 N–H and O–H groups in total. The minimum atomic E-state index is -0.475. The molecule has 96 valence electrons. The molecule has 0 unspecified atom stereocenters. The molecule has 2 aromatic rings. The summed E-state index contributed by atoms with van der Waals surface area (Å²) in [4.78, 5) is 11.3. The molecule has 0 fully saturated rings. The summed E-state index contributed by atoms with van der Waals surface area (Å²) in [6.07, 6.45) is 1.64. The Morgan fingerprint density at radius 2 is 2.33 bits per heavy atom. The van der Waals surface area contributed by atoms with Crippen molar-refractivity contribution < 1.29 is 13.9 Å². The van der Waals surface area contributed by atoms with E-state index in [-0.39, 0.29) is 11.0 Å². The molecule has 0 aliphatic heterocycles. The fourth-order valence-electron chi connectivity index (χ4n) is 1.38. The minimum absolute atomic E-state index is 0.0336. The van der Waals surface area contributed by atoms with Gasteiger partial charge in [0.25, 0.3) is 0 Å². The van der Waals surface area contributed by atoms with E-state index in [2.05, 4.69) is 14.9 Å². The van der Waals surface area contributed by atoms with Gasteiger partial charge in [0, 0.05) is 7.05 Å². The number of thioether (sulfide) groups is 1. The van der Waals surface area contributed by atoms with Crippen molar-refractivity contribution in [3.8, 4) is 0 Å². The van der Waals surface area contributed by atoms with Crippen LogP contribution in [0.5, 0.6) is 0 Å². The average molecular weight is 267 g/mol. The Hall–Kier alpha value is -1.76. The second-order valence-electron chi connectivity index (χ2n) is 3.68. The highest BCUT2D eigenvalue weighted by atomic mass is 32.2. The van der Waals surface area contributed by atoms with E-state index in [0.29, 0.717) is 5.76 Å². The van der Waals surface area contributed by atoms with Gasteiger partial charge < -0.3 is 13.7 Å². The molecule has 2 rings (SSSR count). The second-order valence-corrected chi connectivity index (χ2v) is 4.99. The van der Waals surface area contributed by atoms with Gasteiger partial charge in [-0.1, -0.05) is 11.8 Å². The highest BCUT2D eigenvalue weighted by molar-refractivity contribution is 7.99. The van der Waals surface area contributed by atoms with Gasteiger partial charge in [-0.05, 0) is 19.1 Å². The number of carbonyl (C=O) groups excluding carboxylic acids is 1. The number of nitrogens with zero attached hydrogens (tertiary/aromatic N) is 3. The number of carbonyl (C=O) groups is 1. The van der Waals surface area contributed by atoms with E-state index in [0.717, 1.165) is 5.16 Å². The topological polar surface area (TPSA) is 70.2 Å². The molecule has 2 aromatic heterocycles. The van der Waals surface area contributed by atoms with E-state index in [1.807, 2.05) is 18.5 Å². The van der Waals surface area contributed by atoms with Gasteiger partial charge >= 0.3 is 5.97 Å². The van der Waals surface area contributed by atoms with Gasteiger partial charge in [0.2, 0.25) is 5.76 Å². The third-order valence-corrected chi connectivity index (χ3v) is 3.53. The molecule has 1 atom stereocenters. The van der Waals surface area contributed by atoms with E-state index in [9.17, 15) is 4.79 Å². The summed E-state index contributed by atoms with van der Waals surface area (Å²) in [7, 11) is 3.19. The van der Waals surface area contributed by atoms with E-state index >= 15 is 0 Å². The first-order valence-electron chi connectivity index (χ1n) is 5.30. The lowest BCUT2D eigenvalue weighted by atomic mass is 10.3. The highest BCUT2D eigenvalue weighted by Crippen LogP contribution is 2.34. The standard InChI is InChI=1S/C11H13N3O3S/c1-7(18-11-13-12-6-14(11)2)8-4-5-9(17-8)10(15)16-3/h4-7H,1-3H3/t7-/m0/s1. The first kappa shape index (κ1) is 12.7. The Morgan fingerprint density at radius 3 is 2.94 bits per heavy atom. The van der Waals surface area contributed by atoms with Crippen molar-refractivity contribution in [1.29, 1.82) is 0 Å². The Balaban J connectivity index is 2.10. The summed E-state index contributed by atoms with van der Waals surface area (Å²) in [5, 5.41) is 8.61. The van der Waals surface area contributed by atoms with Gasteiger partial charge in [0.05, 0.1) is 12.4 Å². The summed E-state index contributed by atoms with van der Waals surface area (Å²) >= 11 is 1.51. The van der Waals surface area contributed by atoms with Gasteiger partial charge in [-0.2, -0.15) is 0 Å². The number of methoxy groups -OCH3 is 1. The predicted octanol–water partition coefficient (Wildman–Crippen LogP) is 2.05. The second kappa shape index (κ2) is 5.26. The molecule has 0 aliphatic rings. The molecule has 6 nitrogen and oxygen atoms in total. The van der Waals surface area contributed by atoms with E-state index in [4.69, 9.17) is 4.42 Å². The number of hydrogen-bond donors (Lipinski definition) is 0. The summed E-state index contributed by atoms with van der Waals surface area (Å²) in [5.41, 5.74) is 0. The predicted molar refractivity (Wildman–Crippen MR) is 65.3 cm³/mol. The van der Waals surface area contributed by atoms with Crippen LogP contribution >= 0.6 is 11.8 Å². The van der Waals surface area contributed by atoms with Crippen LogP contribution in [0.1, 0.15) is 28.5 Å². The number of aryl methyl sites for hydroxylation is 1. The van der Waals surface area contributed by atoms with Crippen LogP contribution < -0.4 is 0 Å². The van der Waals surface area contributed by atoms with E-state index in [1.165, 1.54) is 18.9 Å². The number of ether oxygens (including phenoxy) is 1. The molecule has 0 aliphatic carbocycles. The van der Waals surface area contributed by atoms with Crippen molar-refractivity contribution in [1.82, 2.24) is 14.8 Å². The zero-order valence-electron chi connectivity index (χ0n) is 10.3. The van der Waals surface area contributed by atoms with E-state index in [1.54, 1.807) is 18.5 Å².